The fourth-order valence-electron chi connectivity index (χ4n) is 4.72. The molecule has 30 heavy (non-hydrogen) atoms. The normalized spacial score (nSPS) is 19.0. The minimum absolute atomic E-state index is 0. The van der Waals surface area contributed by atoms with Gasteiger partial charge in [0.15, 0.2) is 0 Å². The molecule has 0 atom stereocenters. The number of rotatable bonds is 0. The Kier molecular flexibility index (Phi) is 4.21. The molecule has 150 valence electrons. The van der Waals surface area contributed by atoms with E-state index in [0.717, 1.165) is 37.6 Å². The Hall–Kier alpha value is -2.01. The second-order valence-electron chi connectivity index (χ2n) is 7.55. The summed E-state index contributed by atoms with van der Waals surface area (Å²) in [5, 5.41) is 0. The Labute approximate surface area is 192 Å². The summed E-state index contributed by atoms with van der Waals surface area (Å²) in [6.45, 7) is 3.29. The van der Waals surface area contributed by atoms with E-state index in [-0.39, 0.29) is 47.9 Å². The first-order chi connectivity index (χ1) is 14.3. The van der Waals surface area contributed by atoms with Gasteiger partial charge >= 0.3 is 181 Å². The van der Waals surface area contributed by atoms with Crippen molar-refractivity contribution in [3.63, 3.8) is 0 Å². The number of carbonyl (C=O) groups is 1. The van der Waals surface area contributed by atoms with Crippen molar-refractivity contribution in [3.05, 3.63) is 69.5 Å². The van der Waals surface area contributed by atoms with Crippen LogP contribution in [-0.4, -0.2) is 64.9 Å². The summed E-state index contributed by atoms with van der Waals surface area (Å²) in [4.78, 5) is 19.9. The van der Waals surface area contributed by atoms with Crippen LogP contribution in [0.25, 0.3) is 15.5 Å². The smallest absolute Gasteiger partial charge is 1.00 e. The molecule has 8 heteroatoms. The van der Waals surface area contributed by atoms with Crippen LogP contribution >= 0.6 is 0 Å². The number of carbonyl (C=O) groups excluding carboxylic acids is 1. The van der Waals surface area contributed by atoms with Crippen molar-refractivity contribution >= 4 is 61.1 Å². The first-order valence-corrected chi connectivity index (χ1v) is 13.2. The summed E-state index contributed by atoms with van der Waals surface area (Å²) in [5.74, 6) is 0. The topological polar surface area (TPSA) is 30.7 Å². The van der Waals surface area contributed by atoms with E-state index in [0.29, 0.717) is 0 Å². The molecule has 0 aliphatic carbocycles. The third-order valence-electron chi connectivity index (χ3n) is 6.07. The van der Waals surface area contributed by atoms with Crippen LogP contribution in [0, 0.1) is 0 Å². The second-order valence-corrected chi connectivity index (χ2v) is 11.9. The molecular formula is C22H17ClN4OSe2. The molecule has 3 aromatic rings. The van der Waals surface area contributed by atoms with Crippen molar-refractivity contribution in [3.8, 4) is 0 Å². The van der Waals surface area contributed by atoms with Crippen LogP contribution in [0.3, 0.4) is 0 Å². The maximum Gasteiger partial charge on any atom is -1.00 e. The van der Waals surface area contributed by atoms with E-state index in [9.17, 15) is 4.79 Å². The fourth-order valence-corrected chi connectivity index (χ4v) is 9.80. The van der Waals surface area contributed by atoms with E-state index in [1.165, 1.54) is 29.1 Å². The maximum atomic E-state index is 13.5. The van der Waals surface area contributed by atoms with E-state index < -0.39 is 0 Å². The number of hydrogen-bond acceptors (Lipinski definition) is 2. The molecule has 0 fully saturated rings. The summed E-state index contributed by atoms with van der Waals surface area (Å²) < 4.78 is 7.97. The minimum atomic E-state index is 0. The number of allylic oxidation sites excluding steroid dienone is 1. The largest absolute Gasteiger partial charge is 1.00 e. The average molecular weight is 547 g/mol. The second kappa shape index (κ2) is 6.74. The Morgan fingerprint density at radius 2 is 1.70 bits per heavy atom. The molecule has 5 nitrogen and oxygen atoms in total. The number of halogens is 1. The Balaban J connectivity index is 0.00000175. The number of fused-ring (bicyclic) bond motifs is 9. The van der Waals surface area contributed by atoms with Gasteiger partial charge in [-0.1, -0.05) is 0 Å². The first kappa shape index (κ1) is 18.7. The van der Waals surface area contributed by atoms with E-state index >= 15 is 0 Å². The van der Waals surface area contributed by atoms with Crippen LogP contribution in [0.1, 0.15) is 4.57 Å². The van der Waals surface area contributed by atoms with Gasteiger partial charge < -0.3 is 12.4 Å². The molecule has 1 aromatic heterocycles. The Morgan fingerprint density at radius 1 is 0.900 bits per heavy atom. The molecule has 4 aliphatic heterocycles. The summed E-state index contributed by atoms with van der Waals surface area (Å²) in [7, 11) is 0. The molecule has 0 unspecified atom stereocenters. The molecule has 0 spiro atoms. The van der Waals surface area contributed by atoms with Crippen LogP contribution in [0.15, 0.2) is 64.9 Å². The average Bonchev–Trinajstić information content (AvgIpc) is 3.32. The van der Waals surface area contributed by atoms with Crippen molar-refractivity contribution in [2.24, 2.45) is 0 Å². The summed E-state index contributed by atoms with van der Waals surface area (Å²) >= 11 is 0.486. The van der Waals surface area contributed by atoms with Gasteiger partial charge in [-0.2, -0.15) is 0 Å². The number of hydrogen-bond donors (Lipinski definition) is 0. The number of nitrogens with zero attached hydrogens (tertiary/aromatic N) is 4. The first-order valence-electron chi connectivity index (χ1n) is 9.81. The quantitative estimate of drug-likeness (QED) is 0.249. The molecule has 0 N–H and O–H groups in total. The van der Waals surface area contributed by atoms with Gasteiger partial charge in [0, 0.05) is 0 Å². The predicted molar refractivity (Wildman–Crippen MR) is 114 cm³/mol. The maximum absolute atomic E-state index is 13.5. The van der Waals surface area contributed by atoms with Crippen LogP contribution < -0.4 is 26.3 Å². The van der Waals surface area contributed by atoms with Crippen molar-refractivity contribution < 1.29 is 21.8 Å². The molecule has 5 heterocycles. The van der Waals surface area contributed by atoms with Gasteiger partial charge in [-0.15, -0.1) is 0 Å². The molecule has 0 saturated carbocycles. The number of benzene rings is 2. The molecule has 2 aromatic carbocycles. The summed E-state index contributed by atoms with van der Waals surface area (Å²) in [6, 6.07) is 17.6. The van der Waals surface area contributed by atoms with Crippen LogP contribution in [0.5, 0.6) is 0 Å². The molecular weight excluding hydrogens is 530 g/mol. The molecule has 0 bridgehead atoms. The minimum Gasteiger partial charge on any atom is -1.00 e. The number of amides is 2. The third kappa shape index (κ3) is 2.41. The van der Waals surface area contributed by atoms with Crippen molar-refractivity contribution in [1.29, 1.82) is 0 Å². The molecule has 0 radical (unpaired) electrons. The number of aromatic nitrogens is 1. The van der Waals surface area contributed by atoms with Gasteiger partial charge in [-0.3, -0.25) is 0 Å². The third-order valence-corrected chi connectivity index (χ3v) is 11.1. The van der Waals surface area contributed by atoms with E-state index in [2.05, 4.69) is 64.1 Å². The summed E-state index contributed by atoms with van der Waals surface area (Å²) in [5.41, 5.74) is 4.92. The molecule has 2 amide bonds. The van der Waals surface area contributed by atoms with E-state index in [4.69, 9.17) is 0 Å². The molecule has 4 aliphatic rings. The number of anilines is 1. The predicted octanol–water partition coefficient (Wildman–Crippen LogP) is -1.69. The summed E-state index contributed by atoms with van der Waals surface area (Å²) in [6.07, 6.45) is 2.31. The van der Waals surface area contributed by atoms with Crippen molar-refractivity contribution in [2.75, 3.05) is 24.5 Å². The van der Waals surface area contributed by atoms with Gasteiger partial charge in [0.05, 0.1) is 0 Å². The molecule has 7 rings (SSSR count). The van der Waals surface area contributed by atoms with Crippen molar-refractivity contribution in [2.45, 2.75) is 6.54 Å². The van der Waals surface area contributed by atoms with Crippen LogP contribution in [-0.2, 0) is 6.54 Å². The van der Waals surface area contributed by atoms with Gasteiger partial charge in [0.1, 0.15) is 0 Å². The fraction of sp³-hybridized carbons (Fsp3) is 0.182. The zero-order chi connectivity index (χ0) is 19.1. The zero-order valence-corrected chi connectivity index (χ0v) is 20.1. The van der Waals surface area contributed by atoms with Gasteiger partial charge in [-0.05, 0) is 0 Å². The number of urea groups is 1. The molecule has 0 saturated heterocycles. The van der Waals surface area contributed by atoms with E-state index in [1.807, 2.05) is 9.80 Å². The zero-order valence-electron chi connectivity index (χ0n) is 15.9. The van der Waals surface area contributed by atoms with Crippen LogP contribution in [0.2, 0.25) is 0 Å². The van der Waals surface area contributed by atoms with Gasteiger partial charge in [-0.25, -0.2) is 0 Å². The van der Waals surface area contributed by atoms with Gasteiger partial charge in [0.2, 0.25) is 0 Å². The Bertz CT molecular complexity index is 1300. The Morgan fingerprint density at radius 3 is 2.63 bits per heavy atom. The number of para-hydroxylation sites is 2. The SMILES string of the molecule is O=C1N2CC[n+]3c([se]c4ccccc43)C2=CC2=C3[Se]c4ccccc4N3CCN12.[Cl-]. The van der Waals surface area contributed by atoms with Crippen molar-refractivity contribution in [1.82, 2.24) is 9.80 Å². The standard InChI is InChI=1S/C22H17N4OSe2.ClH/c27-22-25-11-9-23-14-5-1-3-7-18(14)28-20(23)16(25)13-17-21-24(10-12-26(17)22)15-6-2-4-8-19(15)29-21;/h1-8,13H,9-12H2;1H/q+1;/p-1. The van der Waals surface area contributed by atoms with E-state index in [1.54, 1.807) is 0 Å². The van der Waals surface area contributed by atoms with Gasteiger partial charge in [0.25, 0.3) is 0 Å². The monoisotopic (exact) mass is 548 g/mol. The van der Waals surface area contributed by atoms with Crippen LogP contribution in [0.4, 0.5) is 10.5 Å².